The summed E-state index contributed by atoms with van der Waals surface area (Å²) in [4.78, 5) is 12.1. The van der Waals surface area contributed by atoms with E-state index in [1.54, 1.807) is 0 Å². The Morgan fingerprint density at radius 2 is 1.60 bits per heavy atom. The van der Waals surface area contributed by atoms with Gasteiger partial charge >= 0.3 is 5.30 Å². The van der Waals surface area contributed by atoms with E-state index in [0.717, 1.165) is 17.4 Å². The average Bonchev–Trinajstić information content (AvgIpc) is 2.87. The van der Waals surface area contributed by atoms with Crippen molar-refractivity contribution in [3.05, 3.63) is 35.9 Å². The lowest BCUT2D eigenvalue weighted by atomic mass is 9.80. The van der Waals surface area contributed by atoms with Crippen LogP contribution in [0.4, 0.5) is 4.79 Å². The van der Waals surface area contributed by atoms with Crippen LogP contribution in [0.1, 0.15) is 76.2 Å². The van der Waals surface area contributed by atoms with Crippen molar-refractivity contribution >= 4 is 17.1 Å². The lowest BCUT2D eigenvalue weighted by Gasteiger charge is -2.25. The van der Waals surface area contributed by atoms with E-state index in [0.29, 0.717) is 11.9 Å². The van der Waals surface area contributed by atoms with Crippen LogP contribution in [0.5, 0.6) is 0 Å². The number of carbonyl (C=O) groups excluding carboxylic acids is 1. The normalized spacial score (nSPS) is 25.3. The zero-order chi connectivity index (χ0) is 17.3. The van der Waals surface area contributed by atoms with E-state index in [4.69, 9.17) is 4.74 Å². The molecule has 2 fully saturated rings. The Morgan fingerprint density at radius 3 is 2.40 bits per heavy atom. The van der Waals surface area contributed by atoms with Crippen molar-refractivity contribution in [1.82, 2.24) is 0 Å². The Morgan fingerprint density at radius 1 is 0.880 bits per heavy atom. The predicted molar refractivity (Wildman–Crippen MR) is 106 cm³/mol. The summed E-state index contributed by atoms with van der Waals surface area (Å²) in [6.45, 7) is 0.393. The maximum Gasteiger partial charge on any atom is 0.367 e. The zero-order valence-corrected chi connectivity index (χ0v) is 16.1. The molecule has 2 atom stereocenters. The lowest BCUT2D eigenvalue weighted by molar-refractivity contribution is 0.168. The predicted octanol–water partition coefficient (Wildman–Crippen LogP) is 6.98. The van der Waals surface area contributed by atoms with Gasteiger partial charge in [0.1, 0.15) is 6.61 Å². The summed E-state index contributed by atoms with van der Waals surface area (Å²) >= 11 is 1.44. The van der Waals surface area contributed by atoms with E-state index in [1.807, 2.05) is 30.3 Å². The highest BCUT2D eigenvalue weighted by Gasteiger charge is 2.25. The molecule has 3 heteroatoms. The monoisotopic (exact) mass is 360 g/mol. The van der Waals surface area contributed by atoms with E-state index >= 15 is 0 Å². The molecule has 25 heavy (non-hydrogen) atoms. The third-order valence-electron chi connectivity index (χ3n) is 5.89. The van der Waals surface area contributed by atoms with Gasteiger partial charge in [-0.1, -0.05) is 75.3 Å². The maximum absolute atomic E-state index is 12.1. The second kappa shape index (κ2) is 10.3. The third kappa shape index (κ3) is 6.69. The maximum atomic E-state index is 12.1. The van der Waals surface area contributed by atoms with Crippen LogP contribution in [-0.2, 0) is 11.3 Å². The van der Waals surface area contributed by atoms with Gasteiger partial charge in [0.15, 0.2) is 0 Å². The largest absolute Gasteiger partial charge is 0.453 e. The second-order valence-corrected chi connectivity index (χ2v) is 9.11. The minimum absolute atomic E-state index is 0.0976. The van der Waals surface area contributed by atoms with Crippen molar-refractivity contribution in [2.24, 2.45) is 11.8 Å². The van der Waals surface area contributed by atoms with Crippen molar-refractivity contribution in [1.29, 1.82) is 0 Å². The van der Waals surface area contributed by atoms with Gasteiger partial charge in [0.05, 0.1) is 0 Å². The van der Waals surface area contributed by atoms with E-state index in [-0.39, 0.29) is 5.30 Å². The van der Waals surface area contributed by atoms with Crippen molar-refractivity contribution in [3.63, 3.8) is 0 Å². The van der Waals surface area contributed by atoms with Gasteiger partial charge in [0, 0.05) is 5.25 Å². The van der Waals surface area contributed by atoms with Crippen LogP contribution in [0.15, 0.2) is 30.3 Å². The lowest BCUT2D eigenvalue weighted by Crippen LogP contribution is -2.12. The fourth-order valence-electron chi connectivity index (χ4n) is 4.48. The first-order valence-electron chi connectivity index (χ1n) is 10.2. The summed E-state index contributed by atoms with van der Waals surface area (Å²) in [5.74, 6) is 1.88. The molecule has 0 amide bonds. The fraction of sp³-hybridized carbons (Fsp3) is 0.682. The number of benzene rings is 1. The Bertz CT molecular complexity index is 510. The molecule has 0 N–H and O–H groups in total. The van der Waals surface area contributed by atoms with Crippen LogP contribution in [0.25, 0.3) is 0 Å². The Kier molecular flexibility index (Phi) is 7.72. The molecule has 138 valence electrons. The van der Waals surface area contributed by atoms with Crippen LogP contribution >= 0.6 is 11.8 Å². The smallest absolute Gasteiger partial charge is 0.367 e. The van der Waals surface area contributed by atoms with Crippen LogP contribution in [0, 0.1) is 11.8 Å². The number of carbonyl (C=O) groups is 1. The van der Waals surface area contributed by atoms with Gasteiger partial charge in [0.25, 0.3) is 0 Å². The quantitative estimate of drug-likeness (QED) is 0.418. The Balaban J connectivity index is 1.36. The molecule has 0 radical (unpaired) electrons. The Hall–Kier alpha value is -0.960. The molecule has 1 aromatic rings. The van der Waals surface area contributed by atoms with E-state index < -0.39 is 0 Å². The van der Waals surface area contributed by atoms with Crippen molar-refractivity contribution in [3.8, 4) is 0 Å². The van der Waals surface area contributed by atoms with Gasteiger partial charge < -0.3 is 4.74 Å². The molecule has 2 unspecified atom stereocenters. The fourth-order valence-corrected chi connectivity index (χ4v) is 5.42. The summed E-state index contributed by atoms with van der Waals surface area (Å²) in [6.07, 6.45) is 15.0. The molecule has 0 saturated heterocycles. The molecule has 3 rings (SSSR count). The van der Waals surface area contributed by atoms with Crippen molar-refractivity contribution in [2.45, 2.75) is 82.5 Å². The van der Waals surface area contributed by atoms with Gasteiger partial charge in [-0.15, -0.1) is 0 Å². The zero-order valence-electron chi connectivity index (χ0n) is 15.3. The summed E-state index contributed by atoms with van der Waals surface area (Å²) < 4.78 is 5.44. The molecule has 2 nitrogen and oxygen atoms in total. The van der Waals surface area contributed by atoms with Crippen LogP contribution < -0.4 is 0 Å². The Labute approximate surface area is 157 Å². The summed E-state index contributed by atoms with van der Waals surface area (Å²) in [6, 6.07) is 9.94. The summed E-state index contributed by atoms with van der Waals surface area (Å²) in [5.41, 5.74) is 1.06. The molecule has 0 aliphatic heterocycles. The van der Waals surface area contributed by atoms with Gasteiger partial charge in [-0.2, -0.15) is 0 Å². The molecule has 0 heterocycles. The van der Waals surface area contributed by atoms with Gasteiger partial charge in [-0.05, 0) is 54.8 Å². The second-order valence-electron chi connectivity index (χ2n) is 7.88. The average molecular weight is 361 g/mol. The number of ether oxygens (including phenoxy) is 1. The molecule has 1 aromatic carbocycles. The van der Waals surface area contributed by atoms with Gasteiger partial charge in [0.2, 0.25) is 0 Å². The minimum atomic E-state index is -0.0976. The molecular formula is C22H32O2S. The van der Waals surface area contributed by atoms with Crippen LogP contribution in [0.2, 0.25) is 0 Å². The van der Waals surface area contributed by atoms with E-state index in [1.165, 1.54) is 82.4 Å². The molecule has 2 aliphatic carbocycles. The van der Waals surface area contributed by atoms with E-state index in [9.17, 15) is 4.79 Å². The highest BCUT2D eigenvalue weighted by atomic mass is 32.2. The standard InChI is InChI=1S/C22H32O2S/c23-22(24-17-20-10-5-2-6-11-20)25-21-13-7-12-19(14-15-21)16-18-8-3-1-4-9-18/h2,5-6,10-11,18-19,21H,1,3-4,7-9,12-17H2. The number of hydrogen-bond acceptors (Lipinski definition) is 3. The topological polar surface area (TPSA) is 26.3 Å². The van der Waals surface area contributed by atoms with Crippen molar-refractivity contribution < 1.29 is 9.53 Å². The minimum Gasteiger partial charge on any atom is -0.453 e. The number of hydrogen-bond donors (Lipinski definition) is 0. The SMILES string of the molecule is O=C(OCc1ccccc1)SC1CCCC(CC2CCCCC2)CC1. The number of rotatable bonds is 5. The molecule has 0 aromatic heterocycles. The number of thioether (sulfide) groups is 1. The highest BCUT2D eigenvalue weighted by molar-refractivity contribution is 8.13. The van der Waals surface area contributed by atoms with Crippen LogP contribution in [-0.4, -0.2) is 10.6 Å². The summed E-state index contributed by atoms with van der Waals surface area (Å²) in [5, 5.41) is 0.360. The molecule has 2 saturated carbocycles. The summed E-state index contributed by atoms with van der Waals surface area (Å²) in [7, 11) is 0. The molecule has 2 aliphatic rings. The first kappa shape index (κ1) is 18.8. The highest BCUT2D eigenvalue weighted by Crippen LogP contribution is 2.37. The first-order valence-corrected chi connectivity index (χ1v) is 11.0. The third-order valence-corrected chi connectivity index (χ3v) is 7.00. The van der Waals surface area contributed by atoms with E-state index in [2.05, 4.69) is 0 Å². The molecule has 0 spiro atoms. The molecular weight excluding hydrogens is 328 g/mol. The van der Waals surface area contributed by atoms with Gasteiger partial charge in [-0.3, -0.25) is 0 Å². The molecule has 0 bridgehead atoms. The van der Waals surface area contributed by atoms with Crippen molar-refractivity contribution in [2.75, 3.05) is 0 Å². The first-order chi connectivity index (χ1) is 12.3. The van der Waals surface area contributed by atoms with Gasteiger partial charge in [-0.25, -0.2) is 4.79 Å². The van der Waals surface area contributed by atoms with Crippen LogP contribution in [0.3, 0.4) is 0 Å².